The van der Waals surface area contributed by atoms with Crippen molar-refractivity contribution in [2.45, 2.75) is 36.3 Å². The summed E-state index contributed by atoms with van der Waals surface area (Å²) >= 11 is 1.43. The number of fused-ring (bicyclic) bond motifs is 2. The number of rotatable bonds is 9. The first kappa shape index (κ1) is 35.3. The molecule has 0 radical (unpaired) electrons. The number of benzene rings is 2. The number of pyridine rings is 3. The first-order valence-electron chi connectivity index (χ1n) is 16.0. The highest BCUT2D eigenvalue weighted by Crippen LogP contribution is 2.45. The van der Waals surface area contributed by atoms with Gasteiger partial charge >= 0.3 is 12.4 Å². The highest BCUT2D eigenvalue weighted by atomic mass is 32.2. The van der Waals surface area contributed by atoms with Crippen LogP contribution in [-0.4, -0.2) is 74.1 Å². The van der Waals surface area contributed by atoms with Crippen LogP contribution in [0.15, 0.2) is 90.3 Å². The van der Waals surface area contributed by atoms with Gasteiger partial charge in [-0.05, 0) is 73.0 Å². The molecule has 17 heteroatoms. The Bertz CT molecular complexity index is 2210. The van der Waals surface area contributed by atoms with Crippen LogP contribution in [-0.2, 0) is 11.3 Å². The molecule has 6 aromatic rings. The van der Waals surface area contributed by atoms with E-state index < -0.39 is 24.5 Å². The van der Waals surface area contributed by atoms with E-state index in [0.29, 0.717) is 51.3 Å². The molecule has 270 valence electrons. The molecule has 1 fully saturated rings. The summed E-state index contributed by atoms with van der Waals surface area (Å²) in [6, 6.07) is 18.2. The largest absolute Gasteiger partial charge is 0.428 e. The van der Waals surface area contributed by atoms with Crippen molar-refractivity contribution in [3.05, 3.63) is 91.0 Å². The van der Waals surface area contributed by atoms with E-state index in [1.807, 2.05) is 42.5 Å². The van der Waals surface area contributed by atoms with E-state index in [2.05, 4.69) is 35.0 Å². The summed E-state index contributed by atoms with van der Waals surface area (Å²) in [6.07, 6.45) is -5.73. The Morgan fingerprint density at radius 1 is 0.827 bits per heavy atom. The van der Waals surface area contributed by atoms with Crippen molar-refractivity contribution in [2.24, 2.45) is 0 Å². The van der Waals surface area contributed by atoms with Gasteiger partial charge in [0.25, 0.3) is 5.60 Å². The van der Waals surface area contributed by atoms with E-state index in [4.69, 9.17) is 4.74 Å². The average Bonchev–Trinajstić information content (AvgIpc) is 3.54. The summed E-state index contributed by atoms with van der Waals surface area (Å²) in [7, 11) is 0. The molecule has 0 atom stereocenters. The van der Waals surface area contributed by atoms with Crippen LogP contribution in [0.2, 0.25) is 0 Å². The summed E-state index contributed by atoms with van der Waals surface area (Å²) in [4.78, 5) is 16.7. The first-order valence-corrected chi connectivity index (χ1v) is 16.8. The number of anilines is 4. The number of nitrogens with one attached hydrogen (secondary N) is 2. The van der Waals surface area contributed by atoms with Gasteiger partial charge in [0.2, 0.25) is 0 Å². The zero-order valence-corrected chi connectivity index (χ0v) is 28.1. The van der Waals surface area contributed by atoms with Gasteiger partial charge in [0, 0.05) is 75.7 Å². The molecule has 1 saturated heterocycles. The van der Waals surface area contributed by atoms with Crippen LogP contribution in [0.25, 0.3) is 32.9 Å². The number of ether oxygens (including phenoxy) is 1. The minimum absolute atomic E-state index is 0.00739. The zero-order valence-electron chi connectivity index (χ0n) is 27.3. The summed E-state index contributed by atoms with van der Waals surface area (Å²) in [6.45, 7) is 2.88. The van der Waals surface area contributed by atoms with Gasteiger partial charge in [0.15, 0.2) is 0 Å². The Hall–Kier alpha value is -5.13. The van der Waals surface area contributed by atoms with Crippen molar-refractivity contribution in [2.75, 3.05) is 41.2 Å². The van der Waals surface area contributed by atoms with Crippen LogP contribution in [0.3, 0.4) is 0 Å². The summed E-state index contributed by atoms with van der Waals surface area (Å²) in [5.74, 6) is 1.26. The normalized spacial score (nSPS) is 14.3. The molecule has 2 aromatic carbocycles. The molecule has 0 unspecified atom stereocenters. The van der Waals surface area contributed by atoms with Crippen LogP contribution >= 0.6 is 11.9 Å². The van der Waals surface area contributed by atoms with Gasteiger partial charge in [-0.3, -0.25) is 9.67 Å². The smallest absolute Gasteiger partial charge is 0.378 e. The molecule has 0 amide bonds. The molecule has 0 spiro atoms. The van der Waals surface area contributed by atoms with Gasteiger partial charge < -0.3 is 24.8 Å². The predicted octanol–water partition coefficient (Wildman–Crippen LogP) is 7.91. The van der Waals surface area contributed by atoms with Crippen molar-refractivity contribution in [1.82, 2.24) is 24.7 Å². The summed E-state index contributed by atoms with van der Waals surface area (Å²) in [5.41, 5.74) is -1.48. The van der Waals surface area contributed by atoms with Crippen LogP contribution in [0.1, 0.15) is 5.56 Å². The van der Waals surface area contributed by atoms with Crippen LogP contribution in [0.4, 0.5) is 49.4 Å². The fourth-order valence-corrected chi connectivity index (χ4v) is 6.54. The number of aromatic nitrogens is 5. The molecule has 0 bridgehead atoms. The fourth-order valence-electron chi connectivity index (χ4n) is 5.94. The molecular formula is C35H30F6N8O2S. The van der Waals surface area contributed by atoms with Gasteiger partial charge in [-0.1, -0.05) is 6.07 Å². The highest BCUT2D eigenvalue weighted by molar-refractivity contribution is 8.00. The van der Waals surface area contributed by atoms with E-state index in [1.165, 1.54) is 24.2 Å². The molecule has 52 heavy (non-hydrogen) atoms. The number of hydrogen-bond donors (Lipinski definition) is 3. The second-order valence-electron chi connectivity index (χ2n) is 12.1. The van der Waals surface area contributed by atoms with Crippen molar-refractivity contribution < 1.29 is 36.2 Å². The second kappa shape index (κ2) is 13.8. The van der Waals surface area contributed by atoms with E-state index in [1.54, 1.807) is 37.6 Å². The number of nitrogens with zero attached hydrogens (tertiary/aromatic N) is 6. The number of aryl methyl sites for hydroxylation is 1. The lowest BCUT2D eigenvalue weighted by Crippen LogP contribution is -2.59. The Labute approximate surface area is 297 Å². The summed E-state index contributed by atoms with van der Waals surface area (Å²) in [5, 5.41) is 18.6. The molecule has 7 rings (SSSR count). The molecule has 5 heterocycles. The monoisotopic (exact) mass is 740 g/mol. The lowest BCUT2D eigenvalue weighted by Gasteiger charge is -2.32. The van der Waals surface area contributed by atoms with Crippen molar-refractivity contribution in [1.29, 1.82) is 0 Å². The van der Waals surface area contributed by atoms with E-state index in [9.17, 15) is 31.4 Å². The molecule has 3 N–H and O–H groups in total. The first-order chi connectivity index (χ1) is 24.8. The van der Waals surface area contributed by atoms with Gasteiger partial charge in [0.1, 0.15) is 11.6 Å². The Morgan fingerprint density at radius 3 is 2.29 bits per heavy atom. The maximum atomic E-state index is 13.4. The van der Waals surface area contributed by atoms with E-state index in [0.717, 1.165) is 40.6 Å². The molecule has 4 aromatic heterocycles. The Morgan fingerprint density at radius 2 is 1.56 bits per heavy atom. The topological polar surface area (TPSA) is 113 Å². The van der Waals surface area contributed by atoms with Gasteiger partial charge in [0.05, 0.1) is 37.2 Å². The van der Waals surface area contributed by atoms with Gasteiger partial charge in [-0.15, -0.1) is 0 Å². The SMILES string of the molecule is Cc1c(-c2nccc3cnc(Nc4ccc(SNc5cc(N6CCOCC6)ccn5)cc4)cc23)ccc2c1cnn2CC(O)(C(F)(F)F)C(F)(F)F. The van der Waals surface area contributed by atoms with Crippen LogP contribution in [0.5, 0.6) is 0 Å². The molecule has 0 saturated carbocycles. The zero-order chi connectivity index (χ0) is 36.7. The van der Waals surface area contributed by atoms with Crippen molar-refractivity contribution in [3.63, 3.8) is 0 Å². The van der Waals surface area contributed by atoms with E-state index in [-0.39, 0.29) is 5.52 Å². The number of aliphatic hydroxyl groups is 1. The Balaban J connectivity index is 1.09. The Kier molecular flexibility index (Phi) is 9.35. The third-order valence-corrected chi connectivity index (χ3v) is 9.65. The lowest BCUT2D eigenvalue weighted by molar-refractivity contribution is -0.372. The molecule has 0 aliphatic carbocycles. The maximum absolute atomic E-state index is 13.4. The van der Waals surface area contributed by atoms with Crippen molar-refractivity contribution >= 4 is 56.6 Å². The number of morpholine rings is 1. The molecule has 10 nitrogen and oxygen atoms in total. The molecular weight excluding hydrogens is 710 g/mol. The standard InChI is InChI=1S/C35H30F6N8O2S/c1-21-26(6-7-29-28(21)19-45-49(29)20-33(50,34(36,37)38)35(39,40)41)32-27-17-30(44-18-22(27)8-10-43-32)46-23-2-4-25(5-3-23)52-47-31-16-24(9-11-42-31)48-12-14-51-15-13-48/h2-11,16-19,50H,12-15,20H2,1H3,(H,42,47)(H,44,46). The minimum atomic E-state index is -5.97. The third kappa shape index (κ3) is 6.90. The number of alkyl halides is 6. The molecule has 1 aliphatic rings. The van der Waals surface area contributed by atoms with Gasteiger partial charge in [-0.2, -0.15) is 31.4 Å². The van der Waals surface area contributed by atoms with Crippen LogP contribution < -0.4 is 14.9 Å². The number of hydrogen-bond acceptors (Lipinski definition) is 10. The minimum Gasteiger partial charge on any atom is -0.378 e. The predicted molar refractivity (Wildman–Crippen MR) is 187 cm³/mol. The van der Waals surface area contributed by atoms with E-state index >= 15 is 0 Å². The van der Waals surface area contributed by atoms with Gasteiger partial charge in [-0.25, -0.2) is 9.97 Å². The number of halogens is 6. The third-order valence-electron chi connectivity index (χ3n) is 8.84. The fraction of sp³-hybridized carbons (Fsp3) is 0.257. The highest BCUT2D eigenvalue weighted by Gasteiger charge is 2.70. The quantitative estimate of drug-likeness (QED) is 0.0999. The van der Waals surface area contributed by atoms with Crippen LogP contribution in [0, 0.1) is 6.92 Å². The van der Waals surface area contributed by atoms with Crippen molar-refractivity contribution in [3.8, 4) is 11.3 Å². The molecule has 1 aliphatic heterocycles. The second-order valence-corrected chi connectivity index (χ2v) is 13.0. The summed E-state index contributed by atoms with van der Waals surface area (Å²) < 4.78 is 89.7. The lowest BCUT2D eigenvalue weighted by atomic mass is 9.98. The average molecular weight is 741 g/mol. The maximum Gasteiger partial charge on any atom is 0.428 e.